The summed E-state index contributed by atoms with van der Waals surface area (Å²) in [4.78, 5) is 29.7. The van der Waals surface area contributed by atoms with Crippen LogP contribution in [0.5, 0.6) is 5.75 Å². The molecular weight excluding hydrogens is 681 g/mol. The molecule has 0 unspecified atom stereocenters. The standard InChI is InChI=1S/C35H36Cl3N3O5S/c1-3-21-39-35(43)32(22-25-11-6-5-7-12-25)40(23-28-29(37)13-10-14-30(28)38)34(42)24-41(31-15-8-9-16-33(31)46-4-2)47(44,45)27-19-17-26(36)18-20-27/h5-20,32H,3-4,21-24H2,1-2H3,(H,39,43)/t32-/m1/s1. The van der Waals surface area contributed by atoms with Gasteiger partial charge in [-0.2, -0.15) is 0 Å². The summed E-state index contributed by atoms with van der Waals surface area (Å²) in [5.74, 6) is -0.783. The summed E-state index contributed by atoms with van der Waals surface area (Å²) in [7, 11) is -4.35. The third-order valence-corrected chi connectivity index (χ3v) is 10.1. The number of halogens is 3. The number of carbonyl (C=O) groups excluding carboxylic acids is 2. The van der Waals surface area contributed by atoms with Gasteiger partial charge in [0.25, 0.3) is 10.0 Å². The number of carbonyl (C=O) groups is 2. The van der Waals surface area contributed by atoms with Crippen molar-refractivity contribution in [2.45, 2.75) is 44.2 Å². The summed E-state index contributed by atoms with van der Waals surface area (Å²) in [6.07, 6.45) is 0.832. The molecule has 0 bridgehead atoms. The Morgan fingerprint density at radius 2 is 1.47 bits per heavy atom. The molecule has 4 aromatic carbocycles. The van der Waals surface area contributed by atoms with E-state index in [-0.39, 0.29) is 35.9 Å². The lowest BCUT2D eigenvalue weighted by atomic mass is 10.0. The van der Waals surface area contributed by atoms with Gasteiger partial charge in [-0.1, -0.05) is 90.3 Å². The predicted molar refractivity (Wildman–Crippen MR) is 188 cm³/mol. The fraction of sp³-hybridized carbons (Fsp3) is 0.257. The molecule has 12 heteroatoms. The molecule has 0 aliphatic rings. The number of para-hydroxylation sites is 2. The summed E-state index contributed by atoms with van der Waals surface area (Å²) in [5.41, 5.74) is 1.38. The highest BCUT2D eigenvalue weighted by molar-refractivity contribution is 7.92. The molecule has 0 saturated heterocycles. The van der Waals surface area contributed by atoms with Gasteiger partial charge >= 0.3 is 0 Å². The minimum Gasteiger partial charge on any atom is -0.492 e. The molecule has 0 radical (unpaired) electrons. The molecule has 0 heterocycles. The van der Waals surface area contributed by atoms with Gasteiger partial charge in [0.15, 0.2) is 0 Å². The van der Waals surface area contributed by atoms with E-state index in [4.69, 9.17) is 39.5 Å². The summed E-state index contributed by atoms with van der Waals surface area (Å²) < 4.78 is 35.4. The van der Waals surface area contributed by atoms with Crippen molar-refractivity contribution in [3.63, 3.8) is 0 Å². The van der Waals surface area contributed by atoms with E-state index in [1.165, 1.54) is 29.2 Å². The first-order valence-electron chi connectivity index (χ1n) is 15.1. The molecule has 8 nitrogen and oxygen atoms in total. The van der Waals surface area contributed by atoms with Gasteiger partial charge < -0.3 is 15.0 Å². The van der Waals surface area contributed by atoms with E-state index in [1.807, 2.05) is 37.3 Å². The van der Waals surface area contributed by atoms with Crippen LogP contribution in [0.25, 0.3) is 0 Å². The Kier molecular flexibility index (Phi) is 13.0. The number of hydrogen-bond acceptors (Lipinski definition) is 5. The van der Waals surface area contributed by atoms with Crippen LogP contribution in [0.2, 0.25) is 15.1 Å². The van der Waals surface area contributed by atoms with E-state index >= 15 is 0 Å². The number of ether oxygens (including phenoxy) is 1. The van der Waals surface area contributed by atoms with Crippen LogP contribution < -0.4 is 14.4 Å². The van der Waals surface area contributed by atoms with Gasteiger partial charge in [0.05, 0.1) is 17.2 Å². The molecule has 47 heavy (non-hydrogen) atoms. The maximum atomic E-state index is 14.7. The quantitative estimate of drug-likeness (QED) is 0.138. The van der Waals surface area contributed by atoms with Crippen molar-refractivity contribution in [3.05, 3.63) is 123 Å². The second-order valence-electron chi connectivity index (χ2n) is 10.6. The molecule has 0 aromatic heterocycles. The van der Waals surface area contributed by atoms with Crippen molar-refractivity contribution in [2.75, 3.05) is 24.0 Å². The van der Waals surface area contributed by atoms with Crippen molar-refractivity contribution in [1.29, 1.82) is 0 Å². The summed E-state index contributed by atoms with van der Waals surface area (Å²) in [6, 6.07) is 25.4. The zero-order chi connectivity index (χ0) is 34.0. The van der Waals surface area contributed by atoms with Crippen LogP contribution >= 0.6 is 34.8 Å². The molecule has 4 rings (SSSR count). The second-order valence-corrected chi connectivity index (χ2v) is 13.7. The zero-order valence-electron chi connectivity index (χ0n) is 26.0. The Morgan fingerprint density at radius 3 is 2.11 bits per heavy atom. The number of nitrogens with one attached hydrogen (secondary N) is 1. The molecule has 0 aliphatic carbocycles. The Bertz CT molecular complexity index is 1750. The van der Waals surface area contributed by atoms with E-state index in [0.29, 0.717) is 33.6 Å². The first kappa shape index (κ1) is 36.1. The topological polar surface area (TPSA) is 96.0 Å². The maximum absolute atomic E-state index is 14.7. The van der Waals surface area contributed by atoms with Crippen LogP contribution in [0.3, 0.4) is 0 Å². The number of rotatable bonds is 15. The average molecular weight is 717 g/mol. The maximum Gasteiger partial charge on any atom is 0.264 e. The van der Waals surface area contributed by atoms with E-state index in [9.17, 15) is 18.0 Å². The van der Waals surface area contributed by atoms with Gasteiger partial charge in [0, 0.05) is 40.1 Å². The van der Waals surface area contributed by atoms with Crippen LogP contribution in [0.4, 0.5) is 5.69 Å². The Morgan fingerprint density at radius 1 is 0.830 bits per heavy atom. The van der Waals surface area contributed by atoms with Crippen LogP contribution in [-0.4, -0.2) is 50.9 Å². The monoisotopic (exact) mass is 715 g/mol. The lowest BCUT2D eigenvalue weighted by Crippen LogP contribution is -2.53. The largest absolute Gasteiger partial charge is 0.492 e. The Balaban J connectivity index is 1.86. The lowest BCUT2D eigenvalue weighted by molar-refractivity contribution is -0.140. The second kappa shape index (κ2) is 16.9. The number of amides is 2. The molecule has 0 aliphatic heterocycles. The van der Waals surface area contributed by atoms with E-state index in [0.717, 1.165) is 9.87 Å². The minimum absolute atomic E-state index is 0.0803. The molecule has 1 atom stereocenters. The normalized spacial score (nSPS) is 11.9. The van der Waals surface area contributed by atoms with Crippen molar-refractivity contribution in [1.82, 2.24) is 10.2 Å². The molecule has 248 valence electrons. The Hall–Kier alpha value is -3.76. The van der Waals surface area contributed by atoms with Crippen molar-refractivity contribution < 1.29 is 22.7 Å². The van der Waals surface area contributed by atoms with Gasteiger partial charge in [-0.15, -0.1) is 0 Å². The highest BCUT2D eigenvalue weighted by Gasteiger charge is 2.36. The summed E-state index contributed by atoms with van der Waals surface area (Å²) in [5, 5.41) is 3.87. The van der Waals surface area contributed by atoms with E-state index in [2.05, 4.69) is 5.32 Å². The molecule has 0 spiro atoms. The third-order valence-electron chi connectivity index (χ3n) is 7.32. The van der Waals surface area contributed by atoms with Gasteiger partial charge in [0.2, 0.25) is 11.8 Å². The van der Waals surface area contributed by atoms with Crippen LogP contribution in [0.1, 0.15) is 31.4 Å². The minimum atomic E-state index is -4.35. The van der Waals surface area contributed by atoms with Crippen molar-refractivity contribution in [2.24, 2.45) is 0 Å². The molecule has 1 N–H and O–H groups in total. The molecule has 4 aromatic rings. The van der Waals surface area contributed by atoms with Crippen molar-refractivity contribution in [3.8, 4) is 5.75 Å². The Labute approximate surface area is 291 Å². The van der Waals surface area contributed by atoms with Gasteiger partial charge in [-0.25, -0.2) is 8.42 Å². The fourth-order valence-corrected chi connectivity index (χ4v) is 7.03. The third kappa shape index (κ3) is 9.20. The highest BCUT2D eigenvalue weighted by Crippen LogP contribution is 2.34. The first-order chi connectivity index (χ1) is 22.6. The van der Waals surface area contributed by atoms with E-state index < -0.39 is 34.4 Å². The molecule has 0 saturated carbocycles. The summed E-state index contributed by atoms with van der Waals surface area (Å²) in [6.45, 7) is 3.53. The number of sulfonamides is 1. The average Bonchev–Trinajstić information content (AvgIpc) is 3.06. The van der Waals surface area contributed by atoms with Gasteiger partial charge in [-0.05, 0) is 67.4 Å². The van der Waals surface area contributed by atoms with E-state index in [1.54, 1.807) is 49.4 Å². The van der Waals surface area contributed by atoms with Crippen molar-refractivity contribution >= 4 is 62.3 Å². The predicted octanol–water partition coefficient (Wildman–Crippen LogP) is 7.41. The summed E-state index contributed by atoms with van der Waals surface area (Å²) >= 11 is 19.2. The fourth-order valence-electron chi connectivity index (χ4n) is 4.96. The number of benzene rings is 4. The van der Waals surface area contributed by atoms with Crippen LogP contribution in [0.15, 0.2) is 102 Å². The number of nitrogens with zero attached hydrogens (tertiary/aromatic N) is 2. The SMILES string of the molecule is CCCNC(=O)[C@@H](Cc1ccccc1)N(Cc1c(Cl)cccc1Cl)C(=O)CN(c1ccccc1OCC)S(=O)(=O)c1ccc(Cl)cc1. The van der Waals surface area contributed by atoms with Crippen LogP contribution in [0, 0.1) is 0 Å². The highest BCUT2D eigenvalue weighted by atomic mass is 35.5. The number of hydrogen-bond donors (Lipinski definition) is 1. The lowest BCUT2D eigenvalue weighted by Gasteiger charge is -2.34. The molecular formula is C35H36Cl3N3O5S. The zero-order valence-corrected chi connectivity index (χ0v) is 29.1. The smallest absolute Gasteiger partial charge is 0.264 e. The molecule has 0 fully saturated rings. The van der Waals surface area contributed by atoms with Crippen LogP contribution in [-0.2, 0) is 32.6 Å². The molecule has 2 amide bonds. The number of anilines is 1. The van der Waals surface area contributed by atoms with Gasteiger partial charge in [-0.3, -0.25) is 13.9 Å². The first-order valence-corrected chi connectivity index (χ1v) is 17.7. The van der Waals surface area contributed by atoms with Gasteiger partial charge in [0.1, 0.15) is 18.3 Å².